The lowest BCUT2D eigenvalue weighted by Crippen LogP contribution is -1.93. The van der Waals surface area contributed by atoms with E-state index in [2.05, 4.69) is 0 Å². The molecule has 0 unspecified atom stereocenters. The van der Waals surface area contributed by atoms with Crippen LogP contribution < -0.4 is 4.74 Å². The number of carbonyl (C=O) groups excluding carboxylic acids is 1. The predicted octanol–water partition coefficient (Wildman–Crippen LogP) is 3.30. The van der Waals surface area contributed by atoms with Gasteiger partial charge in [-0.05, 0) is 35.9 Å². The average molecular weight is 254 g/mol. The summed E-state index contributed by atoms with van der Waals surface area (Å²) in [6.07, 6.45) is 3.21. The lowest BCUT2D eigenvalue weighted by atomic mass is 10.1. The first-order valence-corrected chi connectivity index (χ1v) is 5.84. The third-order valence-corrected chi connectivity index (χ3v) is 2.67. The molecule has 0 aromatic heterocycles. The van der Waals surface area contributed by atoms with Crippen LogP contribution in [0.4, 0.5) is 0 Å². The van der Waals surface area contributed by atoms with Crippen molar-refractivity contribution in [3.05, 3.63) is 65.7 Å². The molecule has 0 atom stereocenters. The molecule has 0 aliphatic heterocycles. The van der Waals surface area contributed by atoms with Gasteiger partial charge in [0, 0.05) is 5.56 Å². The van der Waals surface area contributed by atoms with Crippen LogP contribution in [0.15, 0.2) is 54.6 Å². The highest BCUT2D eigenvalue weighted by Crippen LogP contribution is 2.14. The average Bonchev–Trinajstić information content (AvgIpc) is 2.45. The van der Waals surface area contributed by atoms with E-state index in [1.165, 1.54) is 18.2 Å². The van der Waals surface area contributed by atoms with Crippen molar-refractivity contribution in [3.63, 3.8) is 0 Å². The normalized spacial score (nSPS) is 10.6. The molecule has 2 aromatic rings. The van der Waals surface area contributed by atoms with E-state index in [0.717, 1.165) is 11.3 Å². The zero-order chi connectivity index (χ0) is 13.7. The molecule has 3 nitrogen and oxygen atoms in total. The molecule has 0 aliphatic carbocycles. The topological polar surface area (TPSA) is 46.5 Å². The van der Waals surface area contributed by atoms with Crippen LogP contribution in [0.5, 0.6) is 11.5 Å². The maximum Gasteiger partial charge on any atom is 0.185 e. The third kappa shape index (κ3) is 3.45. The van der Waals surface area contributed by atoms with Crippen LogP contribution in [0.2, 0.25) is 0 Å². The number of hydrogen-bond donors (Lipinski definition) is 1. The van der Waals surface area contributed by atoms with E-state index in [4.69, 9.17) is 4.74 Å². The van der Waals surface area contributed by atoms with Crippen LogP contribution in [0.1, 0.15) is 15.9 Å². The molecule has 2 rings (SSSR count). The molecule has 0 saturated heterocycles. The van der Waals surface area contributed by atoms with Crippen LogP contribution in [0, 0.1) is 0 Å². The molecule has 19 heavy (non-hydrogen) atoms. The van der Waals surface area contributed by atoms with Crippen molar-refractivity contribution in [2.24, 2.45) is 0 Å². The van der Waals surface area contributed by atoms with Gasteiger partial charge in [0.15, 0.2) is 5.78 Å². The summed E-state index contributed by atoms with van der Waals surface area (Å²) in [7, 11) is 1.61. The summed E-state index contributed by atoms with van der Waals surface area (Å²) in [5, 5.41) is 9.31. The van der Waals surface area contributed by atoms with Crippen molar-refractivity contribution in [2.45, 2.75) is 0 Å². The van der Waals surface area contributed by atoms with Gasteiger partial charge >= 0.3 is 0 Å². The minimum Gasteiger partial charge on any atom is -0.508 e. The molecule has 96 valence electrons. The van der Waals surface area contributed by atoms with Crippen LogP contribution in [0.3, 0.4) is 0 Å². The highest BCUT2D eigenvalue weighted by molar-refractivity contribution is 6.07. The molecule has 1 N–H and O–H groups in total. The van der Waals surface area contributed by atoms with Crippen molar-refractivity contribution in [2.75, 3.05) is 7.11 Å². The minimum absolute atomic E-state index is 0.0868. The van der Waals surface area contributed by atoms with Gasteiger partial charge in [0.05, 0.1) is 7.11 Å². The Bertz CT molecular complexity index is 598. The molecule has 0 bridgehead atoms. The van der Waals surface area contributed by atoms with Gasteiger partial charge in [-0.3, -0.25) is 4.79 Å². The van der Waals surface area contributed by atoms with Crippen molar-refractivity contribution in [1.82, 2.24) is 0 Å². The Labute approximate surface area is 111 Å². The third-order valence-electron chi connectivity index (χ3n) is 2.67. The molecule has 0 radical (unpaired) electrons. The van der Waals surface area contributed by atoms with Gasteiger partial charge in [0.25, 0.3) is 0 Å². The Morgan fingerprint density at radius 2 is 1.89 bits per heavy atom. The van der Waals surface area contributed by atoms with Crippen molar-refractivity contribution < 1.29 is 14.6 Å². The number of aromatic hydroxyl groups is 1. The zero-order valence-corrected chi connectivity index (χ0v) is 10.5. The number of benzene rings is 2. The lowest BCUT2D eigenvalue weighted by Gasteiger charge is -1.99. The van der Waals surface area contributed by atoms with Crippen LogP contribution in [-0.2, 0) is 0 Å². The summed E-state index contributed by atoms with van der Waals surface area (Å²) in [6.45, 7) is 0. The van der Waals surface area contributed by atoms with E-state index in [9.17, 15) is 9.90 Å². The fourth-order valence-electron chi connectivity index (χ4n) is 1.64. The second-order valence-corrected chi connectivity index (χ2v) is 4.02. The van der Waals surface area contributed by atoms with Gasteiger partial charge in [-0.1, -0.05) is 30.3 Å². The number of rotatable bonds is 4. The van der Waals surface area contributed by atoms with E-state index in [1.807, 2.05) is 24.3 Å². The number of allylic oxidation sites excluding steroid dienone is 1. The molecule has 0 aliphatic rings. The molecule has 2 aromatic carbocycles. The number of phenols is 1. The number of carbonyl (C=O) groups is 1. The fourth-order valence-corrected chi connectivity index (χ4v) is 1.64. The van der Waals surface area contributed by atoms with Gasteiger partial charge in [-0.2, -0.15) is 0 Å². The molecule has 3 heteroatoms. The monoisotopic (exact) mass is 254 g/mol. The van der Waals surface area contributed by atoms with E-state index in [-0.39, 0.29) is 11.5 Å². The van der Waals surface area contributed by atoms with Gasteiger partial charge in [-0.15, -0.1) is 0 Å². The maximum absolute atomic E-state index is 11.9. The first kappa shape index (κ1) is 12.9. The highest BCUT2D eigenvalue weighted by Gasteiger charge is 2.02. The quantitative estimate of drug-likeness (QED) is 0.672. The largest absolute Gasteiger partial charge is 0.508 e. The molecular formula is C16H14O3. The summed E-state index contributed by atoms with van der Waals surface area (Å²) in [5.74, 6) is 0.715. The van der Waals surface area contributed by atoms with Crippen molar-refractivity contribution in [1.29, 1.82) is 0 Å². The number of methoxy groups -OCH3 is 1. The fraction of sp³-hybridized carbons (Fsp3) is 0.0625. The van der Waals surface area contributed by atoms with Crippen molar-refractivity contribution >= 4 is 11.9 Å². The van der Waals surface area contributed by atoms with E-state index >= 15 is 0 Å². The number of ether oxygens (including phenoxy) is 1. The molecule has 0 heterocycles. The first-order chi connectivity index (χ1) is 9.19. The Morgan fingerprint density at radius 3 is 2.53 bits per heavy atom. The molecule has 0 saturated carbocycles. The second kappa shape index (κ2) is 5.87. The number of hydrogen-bond acceptors (Lipinski definition) is 3. The van der Waals surface area contributed by atoms with Gasteiger partial charge in [-0.25, -0.2) is 0 Å². The van der Waals surface area contributed by atoms with E-state index < -0.39 is 0 Å². The lowest BCUT2D eigenvalue weighted by molar-refractivity contribution is 0.104. The van der Waals surface area contributed by atoms with Crippen molar-refractivity contribution in [3.8, 4) is 11.5 Å². The predicted molar refractivity (Wildman–Crippen MR) is 74.5 cm³/mol. The molecule has 0 spiro atoms. The summed E-state index contributed by atoms with van der Waals surface area (Å²) >= 11 is 0. The van der Waals surface area contributed by atoms with E-state index in [1.54, 1.807) is 25.3 Å². The number of ketones is 1. The zero-order valence-electron chi connectivity index (χ0n) is 10.5. The first-order valence-electron chi connectivity index (χ1n) is 5.84. The standard InChI is InChI=1S/C16H14O3/c1-19-15-8-5-12(6-9-15)7-10-16(18)13-3-2-4-14(17)11-13/h2-11,17H,1H3/b10-7-. The Kier molecular flexibility index (Phi) is 3.98. The van der Waals surface area contributed by atoms with Crippen LogP contribution in [-0.4, -0.2) is 18.0 Å². The molecular weight excluding hydrogens is 240 g/mol. The van der Waals surface area contributed by atoms with Gasteiger partial charge < -0.3 is 9.84 Å². The maximum atomic E-state index is 11.9. The second-order valence-electron chi connectivity index (χ2n) is 4.02. The van der Waals surface area contributed by atoms with Crippen LogP contribution >= 0.6 is 0 Å². The smallest absolute Gasteiger partial charge is 0.185 e. The summed E-state index contributed by atoms with van der Waals surface area (Å²) in [5.41, 5.74) is 1.37. The SMILES string of the molecule is COc1ccc(/C=C\C(=O)c2cccc(O)c2)cc1. The molecule has 0 amide bonds. The Balaban J connectivity index is 2.11. The Hall–Kier alpha value is -2.55. The van der Waals surface area contributed by atoms with E-state index in [0.29, 0.717) is 5.56 Å². The van der Waals surface area contributed by atoms with Crippen LogP contribution in [0.25, 0.3) is 6.08 Å². The molecule has 0 fully saturated rings. The summed E-state index contributed by atoms with van der Waals surface area (Å²) in [6, 6.07) is 13.7. The minimum atomic E-state index is -0.147. The number of phenolic OH excluding ortho intramolecular Hbond substituents is 1. The summed E-state index contributed by atoms with van der Waals surface area (Å²) < 4.78 is 5.06. The Morgan fingerprint density at radius 1 is 1.16 bits per heavy atom. The summed E-state index contributed by atoms with van der Waals surface area (Å²) in [4.78, 5) is 11.9. The highest BCUT2D eigenvalue weighted by atomic mass is 16.5. The van der Waals surface area contributed by atoms with Gasteiger partial charge in [0.1, 0.15) is 11.5 Å². The van der Waals surface area contributed by atoms with Gasteiger partial charge in [0.2, 0.25) is 0 Å².